The van der Waals surface area contributed by atoms with E-state index in [9.17, 15) is 8.78 Å². The molecule has 0 radical (unpaired) electrons. The lowest BCUT2D eigenvalue weighted by atomic mass is 10.2. The molecule has 2 heterocycles. The normalized spacial score (nSPS) is 11.0. The van der Waals surface area contributed by atoms with Gasteiger partial charge in [0.2, 0.25) is 0 Å². The molecule has 90 valence electrons. The fourth-order valence-electron chi connectivity index (χ4n) is 1.66. The molecule has 0 saturated carbocycles. The first-order chi connectivity index (χ1) is 8.65. The fourth-order valence-corrected chi connectivity index (χ4v) is 2.62. The van der Waals surface area contributed by atoms with E-state index in [1.807, 2.05) is 0 Å². The van der Waals surface area contributed by atoms with Crippen molar-refractivity contribution < 1.29 is 8.78 Å². The number of halogens is 2. The summed E-state index contributed by atoms with van der Waals surface area (Å²) in [7, 11) is 0. The van der Waals surface area contributed by atoms with E-state index in [0.29, 0.717) is 11.3 Å². The molecule has 3 rings (SSSR count). The van der Waals surface area contributed by atoms with Crippen LogP contribution in [0.25, 0.3) is 20.8 Å². The number of hydrogen-bond donors (Lipinski definition) is 1. The third kappa shape index (κ3) is 1.70. The lowest BCUT2D eigenvalue weighted by Gasteiger charge is -1.99. The Balaban J connectivity index is 2.26. The predicted octanol–water partition coefficient (Wildman–Crippen LogP) is 3.22. The molecule has 0 aliphatic carbocycles. The number of nitrogen functional groups attached to an aromatic ring is 1. The van der Waals surface area contributed by atoms with E-state index in [4.69, 9.17) is 5.73 Å². The van der Waals surface area contributed by atoms with Crippen molar-refractivity contribution >= 4 is 27.4 Å². The quantitative estimate of drug-likeness (QED) is 0.733. The molecule has 1 aromatic carbocycles. The maximum atomic E-state index is 13.6. The van der Waals surface area contributed by atoms with E-state index in [1.54, 1.807) is 12.3 Å². The summed E-state index contributed by atoms with van der Waals surface area (Å²) in [5.41, 5.74) is 6.01. The third-order valence-electron chi connectivity index (χ3n) is 2.47. The van der Waals surface area contributed by atoms with Crippen LogP contribution in [0.15, 0.2) is 30.5 Å². The van der Waals surface area contributed by atoms with Crippen LogP contribution in [0.2, 0.25) is 0 Å². The Bertz CT molecular complexity index is 719. The Labute approximate surface area is 105 Å². The number of benzene rings is 1. The molecule has 0 atom stereocenters. The summed E-state index contributed by atoms with van der Waals surface area (Å²) >= 11 is 1.18. The number of hydrogen-bond acceptors (Lipinski definition) is 4. The van der Waals surface area contributed by atoms with E-state index in [0.717, 1.165) is 4.70 Å². The number of aromatic nitrogens is 2. The smallest absolute Gasteiger partial charge is 0.136 e. The summed E-state index contributed by atoms with van der Waals surface area (Å²) in [6, 6.07) is 5.31. The van der Waals surface area contributed by atoms with Crippen molar-refractivity contribution in [1.29, 1.82) is 0 Å². The molecular weight excluding hydrogens is 256 g/mol. The van der Waals surface area contributed by atoms with Crippen LogP contribution in [-0.2, 0) is 0 Å². The van der Waals surface area contributed by atoms with E-state index < -0.39 is 11.6 Å². The van der Waals surface area contributed by atoms with Crippen LogP contribution in [0, 0.1) is 11.6 Å². The van der Waals surface area contributed by atoms with Gasteiger partial charge in [0.05, 0.1) is 15.8 Å². The van der Waals surface area contributed by atoms with Gasteiger partial charge in [0.15, 0.2) is 0 Å². The molecule has 0 unspecified atom stereocenters. The van der Waals surface area contributed by atoms with E-state index in [-0.39, 0.29) is 10.6 Å². The highest BCUT2D eigenvalue weighted by Crippen LogP contribution is 2.33. The van der Waals surface area contributed by atoms with Crippen LogP contribution in [0.5, 0.6) is 0 Å². The van der Waals surface area contributed by atoms with Crippen LogP contribution in [0.4, 0.5) is 14.6 Å². The summed E-state index contributed by atoms with van der Waals surface area (Å²) in [6.45, 7) is 0. The van der Waals surface area contributed by atoms with E-state index >= 15 is 0 Å². The van der Waals surface area contributed by atoms with Crippen molar-refractivity contribution in [1.82, 2.24) is 9.97 Å². The summed E-state index contributed by atoms with van der Waals surface area (Å²) in [4.78, 5) is 8.10. The Morgan fingerprint density at radius 3 is 2.61 bits per heavy atom. The molecule has 2 N–H and O–H groups in total. The molecule has 6 heteroatoms. The molecule has 0 spiro atoms. The summed E-state index contributed by atoms with van der Waals surface area (Å²) in [5.74, 6) is -0.932. The highest BCUT2D eigenvalue weighted by Gasteiger charge is 2.15. The second kappa shape index (κ2) is 3.99. The number of rotatable bonds is 1. The number of pyridine rings is 1. The van der Waals surface area contributed by atoms with Crippen LogP contribution < -0.4 is 5.73 Å². The topological polar surface area (TPSA) is 51.8 Å². The highest BCUT2D eigenvalue weighted by molar-refractivity contribution is 7.21. The van der Waals surface area contributed by atoms with Gasteiger partial charge in [-0.3, -0.25) is 0 Å². The maximum absolute atomic E-state index is 13.6. The molecule has 0 amide bonds. The molecule has 2 aromatic heterocycles. The van der Waals surface area contributed by atoms with Crippen LogP contribution in [-0.4, -0.2) is 9.97 Å². The standard InChI is InChI=1S/C12H7F2N3S/c13-6-2-1-3-7(14)11(6)12-17-8-4-10(15)16-5-9(8)18-12/h1-5H,(H2,15,16). The first-order valence-corrected chi connectivity index (χ1v) is 5.93. The Hall–Kier alpha value is -2.08. The van der Waals surface area contributed by atoms with Gasteiger partial charge in [-0.25, -0.2) is 18.7 Å². The molecule has 0 saturated heterocycles. The SMILES string of the molecule is Nc1cc2nc(-c3c(F)cccc3F)sc2cn1. The molecular formula is C12H7F2N3S. The lowest BCUT2D eigenvalue weighted by Crippen LogP contribution is -1.89. The van der Waals surface area contributed by atoms with Crippen LogP contribution in [0.1, 0.15) is 0 Å². The fraction of sp³-hybridized carbons (Fsp3) is 0. The highest BCUT2D eigenvalue weighted by atomic mass is 32.1. The Kier molecular flexibility index (Phi) is 2.45. The van der Waals surface area contributed by atoms with E-state index in [1.165, 1.54) is 29.5 Å². The minimum Gasteiger partial charge on any atom is -0.384 e. The van der Waals surface area contributed by atoms with Gasteiger partial charge in [0.25, 0.3) is 0 Å². The number of nitrogens with two attached hydrogens (primary N) is 1. The molecule has 3 nitrogen and oxygen atoms in total. The average Bonchev–Trinajstić information content (AvgIpc) is 2.71. The predicted molar refractivity (Wildman–Crippen MR) is 67.2 cm³/mol. The third-order valence-corrected chi connectivity index (χ3v) is 3.50. The van der Waals surface area contributed by atoms with Crippen molar-refractivity contribution in [3.63, 3.8) is 0 Å². The van der Waals surface area contributed by atoms with Crippen LogP contribution in [0.3, 0.4) is 0 Å². The van der Waals surface area contributed by atoms with Gasteiger partial charge in [-0.15, -0.1) is 11.3 Å². The number of anilines is 1. The zero-order valence-electron chi connectivity index (χ0n) is 9.02. The summed E-state index contributed by atoms with van der Waals surface area (Å²) in [6.07, 6.45) is 1.55. The average molecular weight is 263 g/mol. The molecule has 3 aromatic rings. The van der Waals surface area contributed by atoms with Gasteiger partial charge >= 0.3 is 0 Å². The first-order valence-electron chi connectivity index (χ1n) is 5.11. The summed E-state index contributed by atoms with van der Waals surface area (Å²) < 4.78 is 28.0. The van der Waals surface area contributed by atoms with Crippen molar-refractivity contribution in [2.75, 3.05) is 5.73 Å². The van der Waals surface area contributed by atoms with Gasteiger partial charge in [0.1, 0.15) is 22.5 Å². The van der Waals surface area contributed by atoms with E-state index in [2.05, 4.69) is 9.97 Å². The minimum absolute atomic E-state index is 0.114. The van der Waals surface area contributed by atoms with Gasteiger partial charge in [-0.2, -0.15) is 0 Å². The zero-order chi connectivity index (χ0) is 12.7. The molecule has 0 aliphatic heterocycles. The van der Waals surface area contributed by atoms with Crippen molar-refractivity contribution in [2.45, 2.75) is 0 Å². The monoisotopic (exact) mass is 263 g/mol. The number of nitrogens with zero attached hydrogens (tertiary/aromatic N) is 2. The molecule has 0 bridgehead atoms. The first kappa shape index (κ1) is 11.0. The maximum Gasteiger partial charge on any atom is 0.136 e. The van der Waals surface area contributed by atoms with Crippen molar-refractivity contribution in [3.8, 4) is 10.6 Å². The molecule has 0 aliphatic rings. The van der Waals surface area contributed by atoms with Gasteiger partial charge in [-0.05, 0) is 12.1 Å². The van der Waals surface area contributed by atoms with Crippen molar-refractivity contribution in [3.05, 3.63) is 42.1 Å². The second-order valence-electron chi connectivity index (χ2n) is 3.69. The van der Waals surface area contributed by atoms with Gasteiger partial charge in [-0.1, -0.05) is 6.07 Å². The molecule has 0 fully saturated rings. The summed E-state index contributed by atoms with van der Waals surface area (Å²) in [5, 5.41) is 0.285. The van der Waals surface area contributed by atoms with Crippen molar-refractivity contribution in [2.24, 2.45) is 0 Å². The second-order valence-corrected chi connectivity index (χ2v) is 4.72. The largest absolute Gasteiger partial charge is 0.384 e. The Morgan fingerprint density at radius 2 is 1.89 bits per heavy atom. The molecule has 18 heavy (non-hydrogen) atoms. The van der Waals surface area contributed by atoms with Gasteiger partial charge in [0, 0.05) is 12.3 Å². The Morgan fingerprint density at radius 1 is 1.17 bits per heavy atom. The van der Waals surface area contributed by atoms with Crippen LogP contribution >= 0.6 is 11.3 Å². The minimum atomic E-state index is -0.630. The number of fused-ring (bicyclic) bond motifs is 1. The number of thiazole rings is 1. The lowest BCUT2D eigenvalue weighted by molar-refractivity contribution is 0.589. The van der Waals surface area contributed by atoms with Gasteiger partial charge < -0.3 is 5.73 Å². The zero-order valence-corrected chi connectivity index (χ0v) is 9.84.